The number of fused-ring (bicyclic) bond motifs is 1. The van der Waals surface area contributed by atoms with Crippen molar-refractivity contribution in [2.24, 2.45) is 0 Å². The summed E-state index contributed by atoms with van der Waals surface area (Å²) in [5.41, 5.74) is 2.13. The van der Waals surface area contributed by atoms with Crippen molar-refractivity contribution < 1.29 is 0 Å². The molecule has 2 rings (SSSR count). The van der Waals surface area contributed by atoms with Crippen molar-refractivity contribution in [2.45, 2.75) is 25.9 Å². The van der Waals surface area contributed by atoms with E-state index < -0.39 is 0 Å². The van der Waals surface area contributed by atoms with E-state index in [4.69, 9.17) is 0 Å². The molecule has 0 aliphatic carbocycles. The Morgan fingerprint density at radius 1 is 1.58 bits per heavy atom. The molecule has 1 aromatic rings. The van der Waals surface area contributed by atoms with Gasteiger partial charge in [-0.1, -0.05) is 0 Å². The highest BCUT2D eigenvalue weighted by atomic mass is 16.1. The van der Waals surface area contributed by atoms with Crippen LogP contribution >= 0.6 is 0 Å². The highest BCUT2D eigenvalue weighted by molar-refractivity contribution is 5.23. The minimum absolute atomic E-state index is 0.142. The molecule has 2 heterocycles. The number of nitrogens with one attached hydrogen (secondary N) is 2. The van der Waals surface area contributed by atoms with Crippen LogP contribution in [-0.2, 0) is 13.0 Å². The zero-order chi connectivity index (χ0) is 8.55. The summed E-state index contributed by atoms with van der Waals surface area (Å²) in [6, 6.07) is 2.05. The molecule has 0 saturated heterocycles. The first kappa shape index (κ1) is 7.55. The molecule has 0 radical (unpaired) electrons. The fraction of sp³-hybridized carbons (Fsp3) is 0.444. The predicted octanol–water partition coefficient (Wildman–Crippen LogP) is 0.409. The van der Waals surface area contributed by atoms with E-state index in [-0.39, 0.29) is 5.43 Å². The molecule has 0 saturated carbocycles. The Bertz CT molecular complexity index is 343. The molecule has 0 spiro atoms. The predicted molar refractivity (Wildman–Crippen MR) is 47.1 cm³/mol. The van der Waals surface area contributed by atoms with Crippen molar-refractivity contribution in [2.75, 3.05) is 0 Å². The first-order chi connectivity index (χ1) is 5.77. The zero-order valence-electron chi connectivity index (χ0n) is 7.05. The molecule has 1 aromatic heterocycles. The van der Waals surface area contributed by atoms with Gasteiger partial charge < -0.3 is 10.3 Å². The van der Waals surface area contributed by atoms with Gasteiger partial charge in [0.25, 0.3) is 0 Å². The van der Waals surface area contributed by atoms with Crippen LogP contribution < -0.4 is 10.7 Å². The SMILES string of the molecule is CC1Cc2[nH]ccc(=O)c2CN1. The molecule has 12 heavy (non-hydrogen) atoms. The van der Waals surface area contributed by atoms with Gasteiger partial charge in [-0.3, -0.25) is 4.79 Å². The maximum absolute atomic E-state index is 11.3. The van der Waals surface area contributed by atoms with Gasteiger partial charge in [0.05, 0.1) is 0 Å². The first-order valence-electron chi connectivity index (χ1n) is 4.20. The Morgan fingerprint density at radius 3 is 3.25 bits per heavy atom. The number of pyridine rings is 1. The van der Waals surface area contributed by atoms with E-state index >= 15 is 0 Å². The summed E-state index contributed by atoms with van der Waals surface area (Å²) in [5.74, 6) is 0. The second kappa shape index (κ2) is 2.75. The summed E-state index contributed by atoms with van der Waals surface area (Å²) in [6.45, 7) is 2.82. The van der Waals surface area contributed by atoms with Crippen molar-refractivity contribution in [3.8, 4) is 0 Å². The van der Waals surface area contributed by atoms with Crippen LogP contribution in [0.15, 0.2) is 17.1 Å². The van der Waals surface area contributed by atoms with Crippen LogP contribution in [0.2, 0.25) is 0 Å². The van der Waals surface area contributed by atoms with Gasteiger partial charge in [-0.2, -0.15) is 0 Å². The van der Waals surface area contributed by atoms with Crippen LogP contribution in [-0.4, -0.2) is 11.0 Å². The molecule has 3 heteroatoms. The Hall–Kier alpha value is -1.09. The molecule has 1 aliphatic rings. The molecule has 0 aromatic carbocycles. The maximum Gasteiger partial charge on any atom is 0.186 e. The third-order valence-electron chi connectivity index (χ3n) is 2.29. The smallest absolute Gasteiger partial charge is 0.186 e. The van der Waals surface area contributed by atoms with Gasteiger partial charge in [0.15, 0.2) is 5.43 Å². The molecule has 1 aliphatic heterocycles. The molecule has 0 bridgehead atoms. The summed E-state index contributed by atoms with van der Waals surface area (Å²) in [4.78, 5) is 14.4. The number of hydrogen-bond acceptors (Lipinski definition) is 2. The second-order valence-corrected chi connectivity index (χ2v) is 3.29. The number of aromatic amines is 1. The molecule has 64 valence electrons. The summed E-state index contributed by atoms with van der Waals surface area (Å²) in [6.07, 6.45) is 2.64. The fourth-order valence-electron chi connectivity index (χ4n) is 1.58. The molecule has 0 fully saturated rings. The Balaban J connectivity index is 2.49. The van der Waals surface area contributed by atoms with Crippen molar-refractivity contribution in [3.05, 3.63) is 33.7 Å². The summed E-state index contributed by atoms with van der Waals surface area (Å²) < 4.78 is 0. The van der Waals surface area contributed by atoms with Crippen molar-refractivity contribution in [3.63, 3.8) is 0 Å². The van der Waals surface area contributed by atoms with Gasteiger partial charge in [0.1, 0.15) is 0 Å². The number of aromatic nitrogens is 1. The third-order valence-corrected chi connectivity index (χ3v) is 2.29. The number of rotatable bonds is 0. The average molecular weight is 164 g/mol. The highest BCUT2D eigenvalue weighted by Gasteiger charge is 2.15. The fourth-order valence-corrected chi connectivity index (χ4v) is 1.58. The van der Waals surface area contributed by atoms with E-state index in [0.29, 0.717) is 12.6 Å². The average Bonchev–Trinajstić information content (AvgIpc) is 2.04. The van der Waals surface area contributed by atoms with Crippen molar-refractivity contribution in [1.29, 1.82) is 0 Å². The number of H-pyrrole nitrogens is 1. The van der Waals surface area contributed by atoms with E-state index in [1.165, 1.54) is 0 Å². The van der Waals surface area contributed by atoms with E-state index in [9.17, 15) is 4.79 Å². The molecule has 1 atom stereocenters. The molecular formula is C9H12N2O. The minimum Gasteiger partial charge on any atom is -0.364 e. The molecule has 1 unspecified atom stereocenters. The number of hydrogen-bond donors (Lipinski definition) is 2. The third kappa shape index (κ3) is 1.16. The lowest BCUT2D eigenvalue weighted by Crippen LogP contribution is -2.36. The monoisotopic (exact) mass is 164 g/mol. The van der Waals surface area contributed by atoms with Gasteiger partial charge in [-0.25, -0.2) is 0 Å². The quantitative estimate of drug-likeness (QED) is 0.583. The van der Waals surface area contributed by atoms with E-state index in [0.717, 1.165) is 17.7 Å². The second-order valence-electron chi connectivity index (χ2n) is 3.29. The summed E-state index contributed by atoms with van der Waals surface area (Å²) in [7, 11) is 0. The lowest BCUT2D eigenvalue weighted by molar-refractivity contribution is 0.503. The van der Waals surface area contributed by atoms with Crippen LogP contribution in [0, 0.1) is 0 Å². The topological polar surface area (TPSA) is 44.9 Å². The van der Waals surface area contributed by atoms with Crippen LogP contribution in [0.25, 0.3) is 0 Å². The van der Waals surface area contributed by atoms with Crippen LogP contribution in [0.3, 0.4) is 0 Å². The zero-order valence-corrected chi connectivity index (χ0v) is 7.05. The van der Waals surface area contributed by atoms with Gasteiger partial charge in [0, 0.05) is 42.5 Å². The summed E-state index contributed by atoms with van der Waals surface area (Å²) in [5, 5.41) is 3.26. The van der Waals surface area contributed by atoms with Gasteiger partial charge in [-0.15, -0.1) is 0 Å². The highest BCUT2D eigenvalue weighted by Crippen LogP contribution is 2.09. The molecule has 0 amide bonds. The summed E-state index contributed by atoms with van der Waals surface area (Å²) >= 11 is 0. The maximum atomic E-state index is 11.3. The molecular weight excluding hydrogens is 152 g/mol. The van der Waals surface area contributed by atoms with Crippen LogP contribution in [0.1, 0.15) is 18.2 Å². The molecule has 2 N–H and O–H groups in total. The van der Waals surface area contributed by atoms with Crippen molar-refractivity contribution in [1.82, 2.24) is 10.3 Å². The Morgan fingerprint density at radius 2 is 2.42 bits per heavy atom. The van der Waals surface area contributed by atoms with Crippen LogP contribution in [0.5, 0.6) is 0 Å². The van der Waals surface area contributed by atoms with Gasteiger partial charge >= 0.3 is 0 Å². The Kier molecular flexibility index (Phi) is 1.73. The van der Waals surface area contributed by atoms with Crippen molar-refractivity contribution >= 4 is 0 Å². The molecule has 3 nitrogen and oxygen atoms in total. The van der Waals surface area contributed by atoms with Crippen LogP contribution in [0.4, 0.5) is 0 Å². The lowest BCUT2D eigenvalue weighted by atomic mass is 10.0. The van der Waals surface area contributed by atoms with Gasteiger partial charge in [0.2, 0.25) is 0 Å². The van der Waals surface area contributed by atoms with E-state index in [2.05, 4.69) is 17.2 Å². The van der Waals surface area contributed by atoms with E-state index in [1.54, 1.807) is 12.3 Å². The first-order valence-corrected chi connectivity index (χ1v) is 4.20. The van der Waals surface area contributed by atoms with Gasteiger partial charge in [-0.05, 0) is 6.92 Å². The van der Waals surface area contributed by atoms with E-state index in [1.807, 2.05) is 0 Å². The normalized spacial score (nSPS) is 21.9. The minimum atomic E-state index is 0.142. The standard InChI is InChI=1S/C9H12N2O/c1-6-4-8-7(5-11-6)9(12)2-3-10-8/h2-3,6,11H,4-5H2,1H3,(H,10,12). The largest absolute Gasteiger partial charge is 0.364 e. The Labute approximate surface area is 70.8 Å². The lowest BCUT2D eigenvalue weighted by Gasteiger charge is -2.21.